The quantitative estimate of drug-likeness (QED) is 0.890. The van der Waals surface area contributed by atoms with Gasteiger partial charge in [-0.05, 0) is 25.0 Å². The molecule has 2 saturated heterocycles. The number of carbonyl (C=O) groups excluding carboxylic acids is 1. The number of nitrogens with zero attached hydrogens (tertiary/aromatic N) is 2. The fraction of sp³-hybridized carbons (Fsp3) is 0.600. The smallest absolute Gasteiger partial charge is 0.270 e. The van der Waals surface area contributed by atoms with Crippen LogP contribution in [0.15, 0.2) is 18.3 Å². The Labute approximate surface area is 124 Å². The van der Waals surface area contributed by atoms with Gasteiger partial charge in [0.05, 0.1) is 19.3 Å². The van der Waals surface area contributed by atoms with E-state index in [1.807, 2.05) is 12.1 Å². The minimum absolute atomic E-state index is 0.138. The van der Waals surface area contributed by atoms with E-state index in [0.717, 1.165) is 51.4 Å². The van der Waals surface area contributed by atoms with Gasteiger partial charge in [-0.3, -0.25) is 9.78 Å². The highest BCUT2D eigenvalue weighted by atomic mass is 16.5. The van der Waals surface area contributed by atoms with Gasteiger partial charge in [-0.25, -0.2) is 0 Å². The van der Waals surface area contributed by atoms with E-state index in [0.29, 0.717) is 12.2 Å². The van der Waals surface area contributed by atoms with Crippen LogP contribution in [-0.2, 0) is 9.47 Å². The first-order valence-corrected chi connectivity index (χ1v) is 7.51. The van der Waals surface area contributed by atoms with Gasteiger partial charge in [0.1, 0.15) is 5.69 Å². The molecule has 0 radical (unpaired) electrons. The number of aromatic nitrogens is 1. The number of amides is 1. The predicted octanol–water partition coefficient (Wildman–Crippen LogP) is 0.827. The predicted molar refractivity (Wildman–Crippen MR) is 78.6 cm³/mol. The Morgan fingerprint density at radius 2 is 2.24 bits per heavy atom. The molecule has 1 unspecified atom stereocenters. The molecule has 1 N–H and O–H groups in total. The number of carbonyl (C=O) groups is 1. The average molecular weight is 291 g/mol. The van der Waals surface area contributed by atoms with Gasteiger partial charge in [-0.1, -0.05) is 0 Å². The van der Waals surface area contributed by atoms with Crippen LogP contribution in [0.25, 0.3) is 0 Å². The van der Waals surface area contributed by atoms with E-state index in [2.05, 4.69) is 15.2 Å². The van der Waals surface area contributed by atoms with Crippen LogP contribution >= 0.6 is 0 Å². The summed E-state index contributed by atoms with van der Waals surface area (Å²) in [5, 5.41) is 2.90. The van der Waals surface area contributed by atoms with Gasteiger partial charge in [-0.15, -0.1) is 0 Å². The van der Waals surface area contributed by atoms with Gasteiger partial charge >= 0.3 is 0 Å². The maximum atomic E-state index is 12.2. The standard InChI is InChI=1S/C15H21N3O3/c19-15(17-11-13-2-1-7-21-13)14-10-12(3-4-16-14)18-5-8-20-9-6-18/h3-4,10,13H,1-2,5-9,11H2,(H,17,19). The molecule has 2 aliphatic rings. The monoisotopic (exact) mass is 291 g/mol. The van der Waals surface area contributed by atoms with Gasteiger partial charge in [0.25, 0.3) is 5.91 Å². The van der Waals surface area contributed by atoms with Crippen molar-refractivity contribution in [2.24, 2.45) is 0 Å². The Bertz CT molecular complexity index is 483. The summed E-state index contributed by atoms with van der Waals surface area (Å²) in [6, 6.07) is 3.78. The normalized spacial score (nSPS) is 22.3. The molecule has 2 aliphatic heterocycles. The summed E-state index contributed by atoms with van der Waals surface area (Å²) in [6.45, 7) is 4.50. The maximum Gasteiger partial charge on any atom is 0.270 e. The number of rotatable bonds is 4. The number of hydrogen-bond donors (Lipinski definition) is 1. The van der Waals surface area contributed by atoms with Crippen molar-refractivity contribution in [1.29, 1.82) is 0 Å². The summed E-state index contributed by atoms with van der Waals surface area (Å²) < 4.78 is 10.8. The first-order chi connectivity index (χ1) is 10.3. The Morgan fingerprint density at radius 3 is 3.00 bits per heavy atom. The van der Waals surface area contributed by atoms with Crippen molar-refractivity contribution < 1.29 is 14.3 Å². The van der Waals surface area contributed by atoms with E-state index < -0.39 is 0 Å². The third-order valence-electron chi connectivity index (χ3n) is 3.87. The van der Waals surface area contributed by atoms with Crippen molar-refractivity contribution >= 4 is 11.6 Å². The topological polar surface area (TPSA) is 63.7 Å². The second-order valence-corrected chi connectivity index (χ2v) is 5.34. The molecular formula is C15H21N3O3. The lowest BCUT2D eigenvalue weighted by Crippen LogP contribution is -2.36. The number of anilines is 1. The van der Waals surface area contributed by atoms with Crippen molar-refractivity contribution in [3.05, 3.63) is 24.0 Å². The third-order valence-corrected chi connectivity index (χ3v) is 3.87. The van der Waals surface area contributed by atoms with Gasteiger partial charge in [0.2, 0.25) is 0 Å². The zero-order valence-corrected chi connectivity index (χ0v) is 12.1. The number of nitrogens with one attached hydrogen (secondary N) is 1. The lowest BCUT2D eigenvalue weighted by Gasteiger charge is -2.28. The van der Waals surface area contributed by atoms with Crippen LogP contribution in [0.2, 0.25) is 0 Å². The van der Waals surface area contributed by atoms with Crippen molar-refractivity contribution in [2.45, 2.75) is 18.9 Å². The summed E-state index contributed by atoms with van der Waals surface area (Å²) in [4.78, 5) is 18.5. The van der Waals surface area contributed by atoms with E-state index in [-0.39, 0.29) is 12.0 Å². The van der Waals surface area contributed by atoms with E-state index in [1.165, 1.54) is 0 Å². The second-order valence-electron chi connectivity index (χ2n) is 5.34. The third kappa shape index (κ3) is 3.71. The van der Waals surface area contributed by atoms with Crippen molar-refractivity contribution in [3.8, 4) is 0 Å². The van der Waals surface area contributed by atoms with Gasteiger partial charge in [-0.2, -0.15) is 0 Å². The molecule has 3 heterocycles. The molecule has 0 aromatic carbocycles. The molecule has 0 bridgehead atoms. The Morgan fingerprint density at radius 1 is 1.38 bits per heavy atom. The van der Waals surface area contributed by atoms with Crippen molar-refractivity contribution in [3.63, 3.8) is 0 Å². The summed E-state index contributed by atoms with van der Waals surface area (Å²) in [7, 11) is 0. The molecule has 1 amide bonds. The molecule has 0 spiro atoms. The first-order valence-electron chi connectivity index (χ1n) is 7.51. The average Bonchev–Trinajstić information content (AvgIpc) is 3.07. The van der Waals surface area contributed by atoms with E-state index in [4.69, 9.17) is 9.47 Å². The molecule has 114 valence electrons. The SMILES string of the molecule is O=C(NCC1CCCO1)c1cc(N2CCOCC2)ccn1. The molecule has 1 aromatic heterocycles. The second kappa shape index (κ2) is 6.87. The summed E-state index contributed by atoms with van der Waals surface area (Å²) in [6.07, 6.45) is 3.93. The fourth-order valence-corrected chi connectivity index (χ4v) is 2.66. The fourth-order valence-electron chi connectivity index (χ4n) is 2.66. The molecule has 0 aliphatic carbocycles. The summed E-state index contributed by atoms with van der Waals surface area (Å²) >= 11 is 0. The van der Waals surface area contributed by atoms with E-state index in [9.17, 15) is 4.79 Å². The molecule has 0 saturated carbocycles. The zero-order chi connectivity index (χ0) is 14.5. The van der Waals surface area contributed by atoms with Crippen LogP contribution < -0.4 is 10.2 Å². The lowest BCUT2D eigenvalue weighted by molar-refractivity contribution is 0.0853. The number of ether oxygens (including phenoxy) is 2. The Kier molecular flexibility index (Phi) is 4.67. The Balaban J connectivity index is 1.60. The Hall–Kier alpha value is -1.66. The van der Waals surface area contributed by atoms with Crippen LogP contribution in [-0.4, -0.2) is 56.5 Å². The van der Waals surface area contributed by atoms with Crippen molar-refractivity contribution in [1.82, 2.24) is 10.3 Å². The molecule has 21 heavy (non-hydrogen) atoms. The number of hydrogen-bond acceptors (Lipinski definition) is 5. The van der Waals surface area contributed by atoms with Gasteiger partial charge in [0, 0.05) is 38.1 Å². The van der Waals surface area contributed by atoms with E-state index >= 15 is 0 Å². The molecule has 1 aromatic rings. The lowest BCUT2D eigenvalue weighted by atomic mass is 10.2. The van der Waals surface area contributed by atoms with Crippen LogP contribution in [0, 0.1) is 0 Å². The van der Waals surface area contributed by atoms with E-state index in [1.54, 1.807) is 6.20 Å². The molecule has 2 fully saturated rings. The van der Waals surface area contributed by atoms with Crippen LogP contribution in [0.5, 0.6) is 0 Å². The molecule has 6 nitrogen and oxygen atoms in total. The van der Waals surface area contributed by atoms with Crippen molar-refractivity contribution in [2.75, 3.05) is 44.4 Å². The summed E-state index contributed by atoms with van der Waals surface area (Å²) in [5.74, 6) is -0.138. The highest BCUT2D eigenvalue weighted by Gasteiger charge is 2.18. The highest BCUT2D eigenvalue weighted by molar-refractivity contribution is 5.93. The first kappa shape index (κ1) is 14.3. The van der Waals surface area contributed by atoms with Crippen LogP contribution in [0.1, 0.15) is 23.3 Å². The molecule has 3 rings (SSSR count). The van der Waals surface area contributed by atoms with Gasteiger partial charge < -0.3 is 19.7 Å². The number of pyridine rings is 1. The minimum atomic E-state index is -0.138. The molecular weight excluding hydrogens is 270 g/mol. The summed E-state index contributed by atoms with van der Waals surface area (Å²) in [5.41, 5.74) is 1.48. The maximum absolute atomic E-state index is 12.2. The molecule has 6 heteroatoms. The largest absolute Gasteiger partial charge is 0.378 e. The van der Waals surface area contributed by atoms with Crippen LogP contribution in [0.4, 0.5) is 5.69 Å². The number of morpholine rings is 1. The minimum Gasteiger partial charge on any atom is -0.378 e. The van der Waals surface area contributed by atoms with Crippen LogP contribution in [0.3, 0.4) is 0 Å². The van der Waals surface area contributed by atoms with Gasteiger partial charge in [0.15, 0.2) is 0 Å². The highest BCUT2D eigenvalue weighted by Crippen LogP contribution is 2.16. The zero-order valence-electron chi connectivity index (χ0n) is 12.1. The molecule has 1 atom stereocenters.